The zero-order valence-electron chi connectivity index (χ0n) is 10.3. The zero-order valence-corrected chi connectivity index (χ0v) is 11.9. The van der Waals surface area contributed by atoms with Crippen molar-refractivity contribution in [2.45, 2.75) is 38.6 Å². The van der Waals surface area contributed by atoms with Crippen LogP contribution in [0.2, 0.25) is 0 Å². The van der Waals surface area contributed by atoms with Gasteiger partial charge in [-0.2, -0.15) is 0 Å². The minimum Gasteiger partial charge on any atom is -0.324 e. The minimum absolute atomic E-state index is 0.237. The van der Waals surface area contributed by atoms with Crippen molar-refractivity contribution in [1.82, 2.24) is 0 Å². The summed E-state index contributed by atoms with van der Waals surface area (Å²) in [6.07, 6.45) is 5.66. The van der Waals surface area contributed by atoms with E-state index in [0.717, 1.165) is 22.2 Å². The van der Waals surface area contributed by atoms with Crippen molar-refractivity contribution in [3.63, 3.8) is 0 Å². The predicted octanol–water partition coefficient (Wildman–Crippen LogP) is 4.19. The second-order valence-electron chi connectivity index (χ2n) is 5.93. The first kappa shape index (κ1) is 11.7. The van der Waals surface area contributed by atoms with Gasteiger partial charge in [0.05, 0.1) is 0 Å². The summed E-state index contributed by atoms with van der Waals surface area (Å²) in [5, 5.41) is 0. The van der Waals surface area contributed by atoms with Gasteiger partial charge in [0.2, 0.25) is 0 Å². The van der Waals surface area contributed by atoms with E-state index < -0.39 is 0 Å². The third kappa shape index (κ3) is 2.17. The van der Waals surface area contributed by atoms with Crippen LogP contribution in [0.1, 0.15) is 42.9 Å². The number of hydrogen-bond donors (Lipinski definition) is 1. The molecule has 2 heteroatoms. The second kappa shape index (κ2) is 4.40. The van der Waals surface area contributed by atoms with E-state index in [4.69, 9.17) is 5.73 Å². The molecule has 2 N–H and O–H groups in total. The molecule has 0 spiro atoms. The van der Waals surface area contributed by atoms with E-state index in [0.29, 0.717) is 0 Å². The topological polar surface area (TPSA) is 26.0 Å². The molecule has 0 heterocycles. The summed E-state index contributed by atoms with van der Waals surface area (Å²) in [5.74, 6) is 2.60. The maximum atomic E-state index is 6.50. The van der Waals surface area contributed by atoms with Crippen LogP contribution in [0.15, 0.2) is 22.7 Å². The normalized spacial score (nSPS) is 33.0. The first-order chi connectivity index (χ1) is 8.13. The number of rotatable bonds is 2. The molecule has 17 heavy (non-hydrogen) atoms. The molecular weight excluding hydrogens is 274 g/mol. The lowest BCUT2D eigenvalue weighted by atomic mass is 9.81. The fraction of sp³-hybridized carbons (Fsp3) is 0.600. The van der Waals surface area contributed by atoms with Crippen LogP contribution in [-0.2, 0) is 0 Å². The van der Waals surface area contributed by atoms with Gasteiger partial charge in [-0.05, 0) is 67.2 Å². The van der Waals surface area contributed by atoms with Gasteiger partial charge in [-0.25, -0.2) is 0 Å². The van der Waals surface area contributed by atoms with Crippen molar-refractivity contribution in [2.24, 2.45) is 23.5 Å². The van der Waals surface area contributed by atoms with Crippen molar-refractivity contribution >= 4 is 15.9 Å². The highest BCUT2D eigenvalue weighted by Crippen LogP contribution is 2.52. The highest BCUT2D eigenvalue weighted by atomic mass is 79.9. The maximum absolute atomic E-state index is 6.50. The average Bonchev–Trinajstić information content (AvgIpc) is 2.88. The van der Waals surface area contributed by atoms with Crippen LogP contribution in [0.3, 0.4) is 0 Å². The number of benzene rings is 1. The first-order valence-electron chi connectivity index (χ1n) is 6.66. The SMILES string of the molecule is Cc1cc(Br)cc(C(N)C2CC3CCC2C3)c1. The monoisotopic (exact) mass is 293 g/mol. The quantitative estimate of drug-likeness (QED) is 0.869. The van der Waals surface area contributed by atoms with E-state index in [1.807, 2.05) is 0 Å². The maximum Gasteiger partial charge on any atom is 0.0326 e. The van der Waals surface area contributed by atoms with Gasteiger partial charge in [0, 0.05) is 10.5 Å². The highest BCUT2D eigenvalue weighted by molar-refractivity contribution is 9.10. The van der Waals surface area contributed by atoms with Crippen LogP contribution < -0.4 is 5.73 Å². The lowest BCUT2D eigenvalue weighted by molar-refractivity contribution is 0.284. The largest absolute Gasteiger partial charge is 0.324 e. The van der Waals surface area contributed by atoms with Crippen molar-refractivity contribution in [3.8, 4) is 0 Å². The third-order valence-corrected chi connectivity index (χ3v) is 5.16. The molecule has 2 aliphatic rings. The van der Waals surface area contributed by atoms with E-state index in [1.165, 1.54) is 36.8 Å². The van der Waals surface area contributed by atoms with Gasteiger partial charge in [-0.1, -0.05) is 28.4 Å². The molecule has 0 aliphatic heterocycles. The van der Waals surface area contributed by atoms with Gasteiger partial charge in [-0.15, -0.1) is 0 Å². The summed E-state index contributed by atoms with van der Waals surface area (Å²) in [6, 6.07) is 6.84. The molecule has 1 nitrogen and oxygen atoms in total. The molecule has 1 aromatic rings. The predicted molar refractivity (Wildman–Crippen MR) is 74.7 cm³/mol. The van der Waals surface area contributed by atoms with Gasteiger partial charge < -0.3 is 5.73 Å². The Bertz CT molecular complexity index is 409. The summed E-state index contributed by atoms with van der Waals surface area (Å²) in [7, 11) is 0. The number of halogens is 1. The molecule has 4 atom stereocenters. The minimum atomic E-state index is 0.237. The van der Waals surface area contributed by atoms with Crippen LogP contribution in [0, 0.1) is 24.7 Å². The Morgan fingerprint density at radius 3 is 2.65 bits per heavy atom. The molecule has 2 bridgehead atoms. The fourth-order valence-corrected chi connectivity index (χ4v) is 4.56. The Morgan fingerprint density at radius 1 is 1.24 bits per heavy atom. The van der Waals surface area contributed by atoms with Crippen molar-refractivity contribution in [2.75, 3.05) is 0 Å². The van der Waals surface area contributed by atoms with Crippen LogP contribution in [0.4, 0.5) is 0 Å². The van der Waals surface area contributed by atoms with Gasteiger partial charge in [0.25, 0.3) is 0 Å². The molecule has 2 aliphatic carbocycles. The Labute approximate surface area is 112 Å². The molecule has 2 fully saturated rings. The summed E-state index contributed by atoms with van der Waals surface area (Å²) in [4.78, 5) is 0. The molecular formula is C15H20BrN. The highest BCUT2D eigenvalue weighted by Gasteiger charge is 2.42. The van der Waals surface area contributed by atoms with Crippen molar-refractivity contribution in [3.05, 3.63) is 33.8 Å². The first-order valence-corrected chi connectivity index (χ1v) is 7.45. The van der Waals surface area contributed by atoms with Gasteiger partial charge in [-0.3, -0.25) is 0 Å². The van der Waals surface area contributed by atoms with Gasteiger partial charge >= 0.3 is 0 Å². The van der Waals surface area contributed by atoms with Crippen molar-refractivity contribution in [1.29, 1.82) is 0 Å². The Hall–Kier alpha value is -0.340. The molecule has 0 radical (unpaired) electrons. The number of nitrogens with two attached hydrogens (primary N) is 1. The molecule has 4 unspecified atom stereocenters. The molecule has 92 valence electrons. The Morgan fingerprint density at radius 2 is 2.06 bits per heavy atom. The van der Waals surface area contributed by atoms with E-state index >= 15 is 0 Å². The summed E-state index contributed by atoms with van der Waals surface area (Å²) < 4.78 is 1.16. The molecule has 1 aromatic carbocycles. The molecule has 0 amide bonds. The molecule has 0 aromatic heterocycles. The van der Waals surface area contributed by atoms with Crippen LogP contribution in [0.25, 0.3) is 0 Å². The molecule has 3 rings (SSSR count). The van der Waals surface area contributed by atoms with E-state index in [-0.39, 0.29) is 6.04 Å². The van der Waals surface area contributed by atoms with Crippen LogP contribution in [0.5, 0.6) is 0 Å². The third-order valence-electron chi connectivity index (χ3n) is 4.70. The fourth-order valence-electron chi connectivity index (χ4n) is 3.94. The lowest BCUT2D eigenvalue weighted by Crippen LogP contribution is -2.26. The smallest absolute Gasteiger partial charge is 0.0326 e. The second-order valence-corrected chi connectivity index (χ2v) is 6.84. The number of aryl methyl sites for hydroxylation is 1. The lowest BCUT2D eigenvalue weighted by Gasteiger charge is -2.28. The van der Waals surface area contributed by atoms with Crippen molar-refractivity contribution < 1.29 is 0 Å². The average molecular weight is 294 g/mol. The number of hydrogen-bond acceptors (Lipinski definition) is 1. The summed E-state index contributed by atoms with van der Waals surface area (Å²) in [5.41, 5.74) is 9.12. The van der Waals surface area contributed by atoms with Crippen LogP contribution in [-0.4, -0.2) is 0 Å². The Balaban J connectivity index is 1.83. The van der Waals surface area contributed by atoms with E-state index in [2.05, 4.69) is 41.1 Å². The van der Waals surface area contributed by atoms with Gasteiger partial charge in [0.15, 0.2) is 0 Å². The standard InChI is InChI=1S/C15H20BrN/c1-9-4-12(8-13(16)5-9)15(17)14-7-10-2-3-11(14)6-10/h4-5,8,10-11,14-15H,2-3,6-7,17H2,1H3. The van der Waals surface area contributed by atoms with E-state index in [1.54, 1.807) is 0 Å². The zero-order chi connectivity index (χ0) is 12.0. The summed E-state index contributed by atoms with van der Waals surface area (Å²) >= 11 is 3.58. The molecule has 0 saturated heterocycles. The number of fused-ring (bicyclic) bond motifs is 2. The Kier molecular flexibility index (Phi) is 3.04. The van der Waals surface area contributed by atoms with Crippen LogP contribution >= 0.6 is 15.9 Å². The molecule has 2 saturated carbocycles. The van der Waals surface area contributed by atoms with E-state index in [9.17, 15) is 0 Å². The van der Waals surface area contributed by atoms with Gasteiger partial charge in [0.1, 0.15) is 0 Å². The summed E-state index contributed by atoms with van der Waals surface area (Å²) in [6.45, 7) is 2.14.